The Morgan fingerprint density at radius 2 is 1.97 bits per heavy atom. The van der Waals surface area contributed by atoms with E-state index in [4.69, 9.17) is 9.47 Å². The predicted octanol–water partition coefficient (Wildman–Crippen LogP) is 3.31. The lowest BCUT2D eigenvalue weighted by molar-refractivity contribution is -0.115. The summed E-state index contributed by atoms with van der Waals surface area (Å²) < 4.78 is 12.7. The summed E-state index contributed by atoms with van der Waals surface area (Å²) >= 11 is 1.26. The maximum Gasteiger partial charge on any atom is 0.262 e. The Kier molecular flexibility index (Phi) is 5.44. The topological polar surface area (TPSA) is 82.5 Å². The second-order valence-corrected chi connectivity index (χ2v) is 7.88. The molecule has 0 radical (unpaired) electrons. The first-order chi connectivity index (χ1) is 14.1. The summed E-state index contributed by atoms with van der Waals surface area (Å²) in [5, 5.41) is 3.55. The molecule has 2 heterocycles. The number of rotatable bonds is 5. The molecule has 0 saturated heterocycles. The van der Waals surface area contributed by atoms with Crippen molar-refractivity contribution in [1.29, 1.82) is 0 Å². The summed E-state index contributed by atoms with van der Waals surface area (Å²) in [6.45, 7) is 5.17. The van der Waals surface area contributed by atoms with Crippen LogP contribution in [0.3, 0.4) is 0 Å². The SMILES string of the molecule is CCn1c(S[C@H](C)C(=O)Nc2ccc3c(c2)OCCO3)nc2ccccc2c1=O. The first kappa shape index (κ1) is 19.3. The molecule has 1 N–H and O–H groups in total. The number of amides is 1. The monoisotopic (exact) mass is 411 g/mol. The molecule has 7 nitrogen and oxygen atoms in total. The van der Waals surface area contributed by atoms with Gasteiger partial charge in [0.2, 0.25) is 5.91 Å². The Balaban J connectivity index is 1.54. The highest BCUT2D eigenvalue weighted by Gasteiger charge is 2.20. The van der Waals surface area contributed by atoms with Gasteiger partial charge in [-0.3, -0.25) is 14.2 Å². The Morgan fingerprint density at radius 3 is 2.76 bits per heavy atom. The van der Waals surface area contributed by atoms with Crippen LogP contribution in [0.15, 0.2) is 52.4 Å². The molecule has 0 bridgehead atoms. The van der Waals surface area contributed by atoms with E-state index < -0.39 is 5.25 Å². The molecule has 1 atom stereocenters. The van der Waals surface area contributed by atoms with Gasteiger partial charge in [-0.05, 0) is 38.1 Å². The van der Waals surface area contributed by atoms with Crippen molar-refractivity contribution in [3.63, 3.8) is 0 Å². The van der Waals surface area contributed by atoms with E-state index in [0.29, 0.717) is 53.0 Å². The van der Waals surface area contributed by atoms with E-state index in [1.807, 2.05) is 19.1 Å². The summed E-state index contributed by atoms with van der Waals surface area (Å²) in [5.74, 6) is 1.10. The zero-order valence-electron chi connectivity index (χ0n) is 16.2. The van der Waals surface area contributed by atoms with Gasteiger partial charge in [0.15, 0.2) is 16.7 Å². The third-order valence-corrected chi connectivity index (χ3v) is 5.69. The number of carbonyl (C=O) groups excluding carboxylic acids is 1. The summed E-state index contributed by atoms with van der Waals surface area (Å²) in [4.78, 5) is 30.1. The van der Waals surface area contributed by atoms with Gasteiger partial charge in [0.05, 0.1) is 16.2 Å². The van der Waals surface area contributed by atoms with Gasteiger partial charge in [-0.2, -0.15) is 0 Å². The van der Waals surface area contributed by atoms with E-state index in [1.54, 1.807) is 41.8 Å². The van der Waals surface area contributed by atoms with Crippen molar-refractivity contribution in [2.75, 3.05) is 18.5 Å². The van der Waals surface area contributed by atoms with Gasteiger partial charge < -0.3 is 14.8 Å². The van der Waals surface area contributed by atoms with Crippen LogP contribution in [0.25, 0.3) is 10.9 Å². The number of hydrogen-bond acceptors (Lipinski definition) is 6. The minimum atomic E-state index is -0.450. The molecule has 2 aromatic carbocycles. The maximum atomic E-state index is 12.7. The summed E-state index contributed by atoms with van der Waals surface area (Å²) in [6, 6.07) is 12.5. The zero-order valence-corrected chi connectivity index (χ0v) is 17.0. The first-order valence-electron chi connectivity index (χ1n) is 9.43. The Bertz CT molecular complexity index is 1130. The lowest BCUT2D eigenvalue weighted by atomic mass is 10.2. The van der Waals surface area contributed by atoms with Crippen LogP contribution in [-0.2, 0) is 11.3 Å². The number of hydrogen-bond donors (Lipinski definition) is 1. The van der Waals surface area contributed by atoms with E-state index in [0.717, 1.165) is 0 Å². The Hall–Kier alpha value is -3.00. The minimum Gasteiger partial charge on any atom is -0.486 e. The number of ether oxygens (including phenoxy) is 2. The lowest BCUT2D eigenvalue weighted by Crippen LogP contribution is -2.26. The Morgan fingerprint density at radius 1 is 1.21 bits per heavy atom. The van der Waals surface area contributed by atoms with Gasteiger partial charge in [0, 0.05) is 18.3 Å². The molecular weight excluding hydrogens is 390 g/mol. The van der Waals surface area contributed by atoms with Crippen molar-refractivity contribution in [2.24, 2.45) is 0 Å². The molecular formula is C21H21N3O4S. The highest BCUT2D eigenvalue weighted by atomic mass is 32.2. The molecule has 0 fully saturated rings. The van der Waals surface area contributed by atoms with Gasteiger partial charge in [0.25, 0.3) is 5.56 Å². The molecule has 1 amide bonds. The van der Waals surface area contributed by atoms with Crippen LogP contribution in [-0.4, -0.2) is 33.9 Å². The van der Waals surface area contributed by atoms with Crippen molar-refractivity contribution in [3.05, 3.63) is 52.8 Å². The fraction of sp³-hybridized carbons (Fsp3) is 0.286. The summed E-state index contributed by atoms with van der Waals surface area (Å²) in [5.41, 5.74) is 1.16. The van der Waals surface area contributed by atoms with Crippen molar-refractivity contribution >= 4 is 34.3 Å². The van der Waals surface area contributed by atoms with Gasteiger partial charge in [0.1, 0.15) is 13.2 Å². The molecule has 0 saturated carbocycles. The highest BCUT2D eigenvalue weighted by molar-refractivity contribution is 8.00. The van der Waals surface area contributed by atoms with Crippen LogP contribution < -0.4 is 20.3 Å². The number of benzene rings is 2. The molecule has 1 aliphatic heterocycles. The molecule has 1 aliphatic rings. The van der Waals surface area contributed by atoms with E-state index in [9.17, 15) is 9.59 Å². The van der Waals surface area contributed by atoms with Crippen LogP contribution in [0.1, 0.15) is 13.8 Å². The van der Waals surface area contributed by atoms with Gasteiger partial charge in [-0.1, -0.05) is 23.9 Å². The third-order valence-electron chi connectivity index (χ3n) is 4.60. The number of nitrogens with zero attached hydrogens (tertiary/aromatic N) is 2. The van der Waals surface area contributed by atoms with Crippen LogP contribution in [0, 0.1) is 0 Å². The number of thioether (sulfide) groups is 1. The van der Waals surface area contributed by atoms with Gasteiger partial charge >= 0.3 is 0 Å². The quantitative estimate of drug-likeness (QED) is 0.512. The molecule has 3 aromatic rings. The van der Waals surface area contributed by atoms with Crippen LogP contribution >= 0.6 is 11.8 Å². The number of fused-ring (bicyclic) bond motifs is 2. The average molecular weight is 411 g/mol. The molecule has 29 heavy (non-hydrogen) atoms. The van der Waals surface area contributed by atoms with E-state index in [-0.39, 0.29) is 11.5 Å². The van der Waals surface area contributed by atoms with Crippen molar-refractivity contribution < 1.29 is 14.3 Å². The molecule has 0 unspecified atom stereocenters. The lowest BCUT2D eigenvalue weighted by Gasteiger charge is -2.19. The van der Waals surface area contributed by atoms with E-state index in [1.165, 1.54) is 11.8 Å². The molecule has 1 aromatic heterocycles. The van der Waals surface area contributed by atoms with Crippen LogP contribution in [0.4, 0.5) is 5.69 Å². The number of anilines is 1. The number of para-hydroxylation sites is 1. The van der Waals surface area contributed by atoms with Crippen molar-refractivity contribution in [3.8, 4) is 11.5 Å². The van der Waals surface area contributed by atoms with E-state index >= 15 is 0 Å². The Labute approximate surface area is 172 Å². The largest absolute Gasteiger partial charge is 0.486 e. The molecule has 8 heteroatoms. The first-order valence-corrected chi connectivity index (χ1v) is 10.3. The minimum absolute atomic E-state index is 0.0972. The molecule has 150 valence electrons. The molecule has 4 rings (SSSR count). The molecule has 0 spiro atoms. The van der Waals surface area contributed by atoms with E-state index in [2.05, 4.69) is 10.3 Å². The fourth-order valence-corrected chi connectivity index (χ4v) is 4.07. The van der Waals surface area contributed by atoms with Gasteiger partial charge in [-0.25, -0.2) is 4.98 Å². The fourth-order valence-electron chi connectivity index (χ4n) is 3.09. The highest BCUT2D eigenvalue weighted by Crippen LogP contribution is 2.33. The number of carbonyl (C=O) groups is 1. The predicted molar refractivity (Wildman–Crippen MR) is 113 cm³/mol. The maximum absolute atomic E-state index is 12.7. The normalized spacial score (nSPS) is 13.9. The zero-order chi connectivity index (χ0) is 20.4. The summed E-state index contributed by atoms with van der Waals surface area (Å²) in [6.07, 6.45) is 0. The standard InChI is InChI=1S/C21H21N3O4S/c1-3-24-20(26)15-6-4-5-7-16(15)23-21(24)29-13(2)19(25)22-14-8-9-17-18(12-14)28-11-10-27-17/h4-9,12-13H,3,10-11H2,1-2H3,(H,22,25)/t13-/m1/s1. The summed E-state index contributed by atoms with van der Waals surface area (Å²) in [7, 11) is 0. The third kappa shape index (κ3) is 3.93. The second-order valence-electron chi connectivity index (χ2n) is 6.57. The number of nitrogens with one attached hydrogen (secondary N) is 1. The second kappa shape index (κ2) is 8.16. The average Bonchev–Trinajstić information content (AvgIpc) is 2.74. The smallest absolute Gasteiger partial charge is 0.262 e. The molecule has 0 aliphatic carbocycles. The van der Waals surface area contributed by atoms with Crippen LogP contribution in [0.2, 0.25) is 0 Å². The van der Waals surface area contributed by atoms with Crippen LogP contribution in [0.5, 0.6) is 11.5 Å². The number of aromatic nitrogens is 2. The van der Waals surface area contributed by atoms with Crippen molar-refractivity contribution in [1.82, 2.24) is 9.55 Å². The van der Waals surface area contributed by atoms with Crippen molar-refractivity contribution in [2.45, 2.75) is 30.8 Å². The van der Waals surface area contributed by atoms with Gasteiger partial charge in [-0.15, -0.1) is 0 Å².